The highest BCUT2D eigenvalue weighted by molar-refractivity contribution is 6.00. The van der Waals surface area contributed by atoms with Crippen LogP contribution in [0.4, 0.5) is 11.4 Å². The lowest BCUT2D eigenvalue weighted by atomic mass is 9.93. The maximum Gasteiger partial charge on any atom is 0.231 e. The summed E-state index contributed by atoms with van der Waals surface area (Å²) in [7, 11) is 0. The van der Waals surface area contributed by atoms with E-state index in [9.17, 15) is 4.79 Å². The minimum atomic E-state index is 0.184. The van der Waals surface area contributed by atoms with Gasteiger partial charge in [-0.3, -0.25) is 9.69 Å². The van der Waals surface area contributed by atoms with Crippen LogP contribution in [0.1, 0.15) is 64.7 Å². The Kier molecular flexibility index (Phi) is 9.78. The van der Waals surface area contributed by atoms with E-state index in [4.69, 9.17) is 0 Å². The van der Waals surface area contributed by atoms with Gasteiger partial charge in [0, 0.05) is 36.1 Å². The van der Waals surface area contributed by atoms with Gasteiger partial charge in [-0.1, -0.05) is 100 Å². The van der Waals surface area contributed by atoms with Gasteiger partial charge in [-0.05, 0) is 60.5 Å². The van der Waals surface area contributed by atoms with E-state index >= 15 is 0 Å². The normalized spacial score (nSPS) is 12.0. The van der Waals surface area contributed by atoms with Crippen LogP contribution in [0, 0.1) is 5.92 Å². The van der Waals surface area contributed by atoms with E-state index in [1.807, 2.05) is 65.6 Å². The van der Waals surface area contributed by atoms with Crippen LogP contribution in [0.15, 0.2) is 97.2 Å². The predicted octanol–water partition coefficient (Wildman–Crippen LogP) is 9.15. The first-order valence-electron chi connectivity index (χ1n) is 13.7. The van der Waals surface area contributed by atoms with E-state index in [0.717, 1.165) is 30.8 Å². The maximum atomic E-state index is 13.3. The molecule has 3 aromatic carbocycles. The van der Waals surface area contributed by atoms with Crippen LogP contribution >= 0.6 is 0 Å². The zero-order valence-corrected chi connectivity index (χ0v) is 21.7. The molecule has 1 atom stereocenters. The number of carbonyl (C=O) groups is 1. The molecule has 4 rings (SSSR count). The van der Waals surface area contributed by atoms with Gasteiger partial charge in [0.2, 0.25) is 5.91 Å². The first-order chi connectivity index (χ1) is 17.8. The lowest BCUT2D eigenvalue weighted by Crippen LogP contribution is -2.26. The molecule has 4 aromatic rings. The Morgan fingerprint density at radius 3 is 2.03 bits per heavy atom. The molecular weight excluding hydrogens is 440 g/mol. The summed E-state index contributed by atoms with van der Waals surface area (Å²) in [5, 5.41) is 1.33. The Labute approximate surface area is 216 Å². The van der Waals surface area contributed by atoms with E-state index < -0.39 is 0 Å². The van der Waals surface area contributed by atoms with Crippen LogP contribution in [0.25, 0.3) is 10.9 Å². The molecule has 1 aromatic heterocycles. The van der Waals surface area contributed by atoms with Gasteiger partial charge in [0.25, 0.3) is 0 Å². The highest BCUT2D eigenvalue weighted by atomic mass is 16.2. The quantitative estimate of drug-likeness (QED) is 0.165. The van der Waals surface area contributed by atoms with Crippen molar-refractivity contribution < 1.29 is 4.79 Å². The summed E-state index contributed by atoms with van der Waals surface area (Å²) in [4.78, 5) is 15.2. The monoisotopic (exact) mass is 480 g/mol. The zero-order chi connectivity index (χ0) is 25.0. The molecule has 188 valence electrons. The summed E-state index contributed by atoms with van der Waals surface area (Å²) in [6, 6.07) is 30.9. The zero-order valence-electron chi connectivity index (χ0n) is 21.7. The first-order valence-corrected chi connectivity index (χ1v) is 13.7. The van der Waals surface area contributed by atoms with E-state index in [0.29, 0.717) is 12.3 Å². The fourth-order valence-electron chi connectivity index (χ4n) is 5.16. The van der Waals surface area contributed by atoms with E-state index in [-0.39, 0.29) is 5.91 Å². The Bertz CT molecular complexity index is 1140. The summed E-state index contributed by atoms with van der Waals surface area (Å²) >= 11 is 0. The van der Waals surface area contributed by atoms with Gasteiger partial charge in [0.15, 0.2) is 0 Å². The molecule has 0 fully saturated rings. The van der Waals surface area contributed by atoms with Gasteiger partial charge in [-0.2, -0.15) is 0 Å². The van der Waals surface area contributed by atoms with Gasteiger partial charge < -0.3 is 4.57 Å². The number of anilines is 2. The minimum absolute atomic E-state index is 0.184. The molecular formula is C33H40N2O. The largest absolute Gasteiger partial charge is 0.347 e. The standard InChI is InChI=1S/C33H40N2O/c1-2-28(16-8-4-3-5-15-26-34-27-25-29-17-13-14-22-32(29)34)23-24-33(36)35(30-18-9-6-10-19-30)31-20-11-7-12-21-31/h6-7,9-14,17-22,25,27-28H,2-5,8,15-16,23-24,26H2,1H3/t28-/m0/s1. The summed E-state index contributed by atoms with van der Waals surface area (Å²) in [6.45, 7) is 3.37. The summed E-state index contributed by atoms with van der Waals surface area (Å²) in [5.74, 6) is 0.803. The molecule has 1 amide bonds. The lowest BCUT2D eigenvalue weighted by molar-refractivity contribution is -0.118. The smallest absolute Gasteiger partial charge is 0.231 e. The number of unbranched alkanes of at least 4 members (excludes halogenated alkanes) is 4. The highest BCUT2D eigenvalue weighted by Gasteiger charge is 2.19. The average molecular weight is 481 g/mol. The third-order valence-electron chi connectivity index (χ3n) is 7.31. The number of carbonyl (C=O) groups excluding carboxylic acids is 1. The van der Waals surface area contributed by atoms with Crippen molar-refractivity contribution in [2.45, 2.75) is 71.3 Å². The van der Waals surface area contributed by atoms with Crippen LogP contribution < -0.4 is 4.90 Å². The SMILES string of the molecule is CC[C@@H](CCCCCCCn1ccc2ccccc21)CCC(=O)N(c1ccccc1)c1ccccc1. The molecule has 0 aliphatic heterocycles. The van der Waals surface area contributed by atoms with E-state index in [2.05, 4.69) is 48.0 Å². The van der Waals surface area contributed by atoms with Crippen LogP contribution in [0.3, 0.4) is 0 Å². The fourth-order valence-corrected chi connectivity index (χ4v) is 5.16. The number of amides is 1. The van der Waals surface area contributed by atoms with Crippen molar-refractivity contribution in [1.29, 1.82) is 0 Å². The molecule has 1 heterocycles. The van der Waals surface area contributed by atoms with Gasteiger partial charge >= 0.3 is 0 Å². The number of fused-ring (bicyclic) bond motifs is 1. The Hall–Kier alpha value is -3.33. The molecule has 3 heteroatoms. The molecule has 0 saturated heterocycles. The second-order valence-electron chi connectivity index (χ2n) is 9.84. The molecule has 0 unspecified atom stereocenters. The van der Waals surface area contributed by atoms with Crippen LogP contribution in [-0.4, -0.2) is 10.5 Å². The van der Waals surface area contributed by atoms with Crippen molar-refractivity contribution in [3.8, 4) is 0 Å². The molecule has 0 radical (unpaired) electrons. The van der Waals surface area contributed by atoms with Crippen LogP contribution in [0.5, 0.6) is 0 Å². The Balaban J connectivity index is 1.17. The number of rotatable bonds is 14. The van der Waals surface area contributed by atoms with Crippen molar-refractivity contribution in [2.75, 3.05) is 4.90 Å². The van der Waals surface area contributed by atoms with E-state index in [1.165, 1.54) is 49.4 Å². The van der Waals surface area contributed by atoms with Crippen molar-refractivity contribution in [3.63, 3.8) is 0 Å². The number of aryl methyl sites for hydroxylation is 1. The number of hydrogen-bond donors (Lipinski definition) is 0. The molecule has 0 N–H and O–H groups in total. The average Bonchev–Trinajstić information content (AvgIpc) is 3.34. The summed E-state index contributed by atoms with van der Waals surface area (Å²) in [6.07, 6.45) is 12.5. The number of benzene rings is 3. The second-order valence-corrected chi connectivity index (χ2v) is 9.84. The number of nitrogens with zero attached hydrogens (tertiary/aromatic N) is 2. The van der Waals surface area contributed by atoms with Crippen molar-refractivity contribution in [3.05, 3.63) is 97.2 Å². The van der Waals surface area contributed by atoms with Crippen LogP contribution in [0.2, 0.25) is 0 Å². The van der Waals surface area contributed by atoms with Gasteiger partial charge in [-0.15, -0.1) is 0 Å². The summed E-state index contributed by atoms with van der Waals surface area (Å²) in [5.41, 5.74) is 3.22. The molecule has 0 saturated carbocycles. The number of para-hydroxylation sites is 3. The summed E-state index contributed by atoms with van der Waals surface area (Å²) < 4.78 is 2.38. The highest BCUT2D eigenvalue weighted by Crippen LogP contribution is 2.28. The minimum Gasteiger partial charge on any atom is -0.347 e. The van der Waals surface area contributed by atoms with Gasteiger partial charge in [0.05, 0.1) is 0 Å². The van der Waals surface area contributed by atoms with Crippen molar-refractivity contribution >= 4 is 28.2 Å². The fraction of sp³-hybridized carbons (Fsp3) is 0.364. The maximum absolute atomic E-state index is 13.3. The third-order valence-corrected chi connectivity index (χ3v) is 7.31. The molecule has 0 spiro atoms. The molecule has 36 heavy (non-hydrogen) atoms. The van der Waals surface area contributed by atoms with E-state index in [1.54, 1.807) is 0 Å². The first kappa shape index (κ1) is 25.8. The lowest BCUT2D eigenvalue weighted by Gasteiger charge is -2.24. The molecule has 0 aliphatic rings. The van der Waals surface area contributed by atoms with Gasteiger partial charge in [0.1, 0.15) is 0 Å². The molecule has 0 bridgehead atoms. The number of hydrogen-bond acceptors (Lipinski definition) is 1. The van der Waals surface area contributed by atoms with Crippen LogP contribution in [-0.2, 0) is 11.3 Å². The molecule has 0 aliphatic carbocycles. The molecule has 3 nitrogen and oxygen atoms in total. The number of aromatic nitrogens is 1. The second kappa shape index (κ2) is 13.7. The van der Waals surface area contributed by atoms with Crippen molar-refractivity contribution in [1.82, 2.24) is 4.57 Å². The van der Waals surface area contributed by atoms with Crippen molar-refractivity contribution in [2.24, 2.45) is 5.92 Å². The third kappa shape index (κ3) is 7.10. The van der Waals surface area contributed by atoms with Gasteiger partial charge in [-0.25, -0.2) is 0 Å². The Morgan fingerprint density at radius 2 is 1.33 bits per heavy atom. The predicted molar refractivity (Wildman–Crippen MR) is 153 cm³/mol. The Morgan fingerprint density at radius 1 is 0.722 bits per heavy atom. The topological polar surface area (TPSA) is 25.2 Å².